The van der Waals surface area contributed by atoms with E-state index >= 15 is 0 Å². The van der Waals surface area contributed by atoms with E-state index in [-0.39, 0.29) is 51.4 Å². The van der Waals surface area contributed by atoms with Gasteiger partial charge in [0.25, 0.3) is 0 Å². The number of nitrogens with one attached hydrogen (secondary N) is 3. The molecule has 0 aliphatic carbocycles. The van der Waals surface area contributed by atoms with Crippen molar-refractivity contribution in [3.8, 4) is 0 Å². The highest BCUT2D eigenvalue weighted by molar-refractivity contribution is 7.98. The van der Waals surface area contributed by atoms with Gasteiger partial charge in [0.05, 0.1) is 0 Å². The molecule has 4 aromatic rings. The van der Waals surface area contributed by atoms with E-state index in [0.717, 1.165) is 22.3 Å². The van der Waals surface area contributed by atoms with E-state index in [1.807, 2.05) is 121 Å². The number of hydrogen-bond acceptors (Lipinski definition) is 9. The molecule has 0 aliphatic rings. The average molecular weight is 728 g/mol. The van der Waals surface area contributed by atoms with Crippen molar-refractivity contribution < 1.29 is 38.2 Å². The quantitative estimate of drug-likeness (QED) is 0.0466. The highest BCUT2D eigenvalue weighted by Gasteiger charge is 2.25. The molecule has 0 spiro atoms. The Morgan fingerprint density at radius 1 is 0.577 bits per heavy atom. The van der Waals surface area contributed by atoms with Crippen molar-refractivity contribution in [1.82, 2.24) is 16.0 Å². The van der Waals surface area contributed by atoms with Crippen LogP contribution in [0.4, 0.5) is 4.79 Å². The van der Waals surface area contributed by atoms with Gasteiger partial charge in [-0.15, -0.1) is 0 Å². The summed E-state index contributed by atoms with van der Waals surface area (Å²) in [5.74, 6) is -1.40. The third-order valence-electron chi connectivity index (χ3n) is 7.61. The van der Waals surface area contributed by atoms with Crippen LogP contribution in [0.3, 0.4) is 0 Å². The van der Waals surface area contributed by atoms with Gasteiger partial charge in [0.15, 0.2) is 0 Å². The molecule has 0 aromatic heterocycles. The van der Waals surface area contributed by atoms with Crippen molar-refractivity contribution in [1.29, 1.82) is 0 Å². The first kappa shape index (κ1) is 39.2. The van der Waals surface area contributed by atoms with Gasteiger partial charge in [-0.3, -0.25) is 14.4 Å². The van der Waals surface area contributed by atoms with Crippen LogP contribution >= 0.6 is 11.8 Å². The summed E-state index contributed by atoms with van der Waals surface area (Å²) in [4.78, 5) is 64.3. The zero-order valence-corrected chi connectivity index (χ0v) is 29.6. The lowest BCUT2D eigenvalue weighted by Gasteiger charge is -2.19. The van der Waals surface area contributed by atoms with Gasteiger partial charge in [0.2, 0.25) is 11.8 Å². The van der Waals surface area contributed by atoms with Crippen molar-refractivity contribution in [2.24, 2.45) is 0 Å². The molecule has 0 heterocycles. The molecule has 3 N–H and O–H groups in total. The van der Waals surface area contributed by atoms with Crippen LogP contribution in [0.5, 0.6) is 0 Å². The van der Waals surface area contributed by atoms with E-state index in [4.69, 9.17) is 14.2 Å². The van der Waals surface area contributed by atoms with Gasteiger partial charge >= 0.3 is 18.0 Å². The van der Waals surface area contributed by atoms with Crippen LogP contribution in [-0.2, 0) is 59.0 Å². The van der Waals surface area contributed by atoms with Crippen molar-refractivity contribution in [3.05, 3.63) is 144 Å². The number of benzene rings is 4. The number of ether oxygens (including phenoxy) is 3. The second-order valence-electron chi connectivity index (χ2n) is 11.7. The third kappa shape index (κ3) is 15.1. The number of hydrogen-bond donors (Lipinski definition) is 3. The van der Waals surface area contributed by atoms with E-state index < -0.39 is 41.9 Å². The number of carbonyl (C=O) groups excluding carboxylic acids is 5. The summed E-state index contributed by atoms with van der Waals surface area (Å²) in [7, 11) is 0. The van der Waals surface area contributed by atoms with E-state index in [1.165, 1.54) is 11.8 Å². The van der Waals surface area contributed by atoms with Crippen molar-refractivity contribution in [3.63, 3.8) is 0 Å². The molecule has 0 bridgehead atoms. The van der Waals surface area contributed by atoms with Crippen molar-refractivity contribution >= 4 is 41.6 Å². The first-order valence-corrected chi connectivity index (χ1v) is 18.1. The Kier molecular flexibility index (Phi) is 16.8. The molecule has 0 fully saturated rings. The number of rotatable bonds is 20. The van der Waals surface area contributed by atoms with Crippen LogP contribution in [0.15, 0.2) is 121 Å². The fourth-order valence-electron chi connectivity index (χ4n) is 4.84. The summed E-state index contributed by atoms with van der Waals surface area (Å²) in [5.41, 5.74) is 3.43. The smallest absolute Gasteiger partial charge is 0.408 e. The minimum absolute atomic E-state index is 0.00857. The summed E-state index contributed by atoms with van der Waals surface area (Å²) in [5, 5.41) is 7.90. The topological polar surface area (TPSA) is 149 Å². The summed E-state index contributed by atoms with van der Waals surface area (Å²) in [6, 6.07) is 35.1. The van der Waals surface area contributed by atoms with Crippen LogP contribution in [0, 0.1) is 0 Å². The highest BCUT2D eigenvalue weighted by atomic mass is 32.2. The molecule has 4 aromatic carbocycles. The molecule has 272 valence electrons. The monoisotopic (exact) mass is 727 g/mol. The number of thioether (sulfide) groups is 1. The molecule has 0 radical (unpaired) electrons. The van der Waals surface area contributed by atoms with Gasteiger partial charge in [-0.05, 0) is 35.1 Å². The second kappa shape index (κ2) is 22.3. The Bertz CT molecular complexity index is 1700. The minimum atomic E-state index is -1.08. The number of carbonyl (C=O) groups is 5. The van der Waals surface area contributed by atoms with Crippen LogP contribution < -0.4 is 16.0 Å². The predicted molar refractivity (Wildman–Crippen MR) is 197 cm³/mol. The Labute approximate surface area is 307 Å². The third-order valence-corrected chi connectivity index (χ3v) is 8.71. The number of amides is 3. The molecule has 0 aliphatic heterocycles. The first-order chi connectivity index (χ1) is 25.4. The molecule has 52 heavy (non-hydrogen) atoms. The summed E-state index contributed by atoms with van der Waals surface area (Å²) in [6.45, 7) is -0.269. The first-order valence-electron chi connectivity index (χ1n) is 16.9. The summed E-state index contributed by atoms with van der Waals surface area (Å²) in [6.07, 6.45) is -0.582. The molecule has 4 rings (SSSR count). The normalized spacial score (nSPS) is 11.7. The lowest BCUT2D eigenvalue weighted by molar-refractivity contribution is -0.148. The van der Waals surface area contributed by atoms with Crippen LogP contribution in [0.2, 0.25) is 0 Å². The van der Waals surface area contributed by atoms with E-state index in [1.54, 1.807) is 0 Å². The standard InChI is InChI=1S/C40H43N3O8S/c44-36(23-13-22-34(39(47)50-26-31-16-7-2-8-17-31)43-40(48)51-27-32-18-9-3-10-19-32)42-35(29-52-28-33-20-11-4-12-21-33)38(46)41-24-37(45)49-25-30-14-5-1-6-15-30/h1-12,14-21,34-35H,13,22-29H2,(H,41,46)(H,42,44)(H,43,48)/t34-,35-/m0/s1/i29+1,41+1. The van der Waals surface area contributed by atoms with Gasteiger partial charge in [0.1, 0.15) is 38.4 Å². The minimum Gasteiger partial charge on any atom is -0.460 e. The van der Waals surface area contributed by atoms with Crippen molar-refractivity contribution in [2.45, 2.75) is 56.9 Å². The fourth-order valence-corrected chi connectivity index (χ4v) is 5.86. The van der Waals surface area contributed by atoms with Crippen LogP contribution in [0.25, 0.3) is 0 Å². The maximum atomic E-state index is 13.2. The van der Waals surface area contributed by atoms with Crippen LogP contribution in [0.1, 0.15) is 41.5 Å². The molecule has 11 nitrogen and oxygen atoms in total. The van der Waals surface area contributed by atoms with E-state index in [0.29, 0.717) is 5.75 Å². The van der Waals surface area contributed by atoms with Crippen LogP contribution in [-0.4, -0.2) is 54.2 Å². The Morgan fingerprint density at radius 3 is 1.63 bits per heavy atom. The molecule has 0 saturated carbocycles. The highest BCUT2D eigenvalue weighted by Crippen LogP contribution is 2.14. The summed E-state index contributed by atoms with van der Waals surface area (Å²) >= 11 is 1.46. The largest absolute Gasteiger partial charge is 0.460 e. The molecular formula is C40H43N3O8S. The molecule has 0 unspecified atom stereocenters. The zero-order chi connectivity index (χ0) is 36.8. The molecule has 0 saturated heterocycles. The lowest BCUT2D eigenvalue weighted by Crippen LogP contribution is -2.49. The molecule has 2 atom stereocenters. The lowest BCUT2D eigenvalue weighted by atomic mass is 10.1. The number of esters is 2. The molecule has 3 amide bonds. The van der Waals surface area contributed by atoms with Gasteiger partial charge in [-0.2, -0.15) is 11.8 Å². The van der Waals surface area contributed by atoms with Gasteiger partial charge < -0.3 is 30.2 Å². The SMILES string of the molecule is O=C(CCC[C@H](NC(=O)OCc1ccccc1)C(=O)OCc1ccccc1)N[C@@H]([13CH2]SCc1ccccc1)C(=O)[15NH]CC(=O)OCc1ccccc1. The Morgan fingerprint density at radius 2 is 1.08 bits per heavy atom. The van der Waals surface area contributed by atoms with E-state index in [9.17, 15) is 24.0 Å². The summed E-state index contributed by atoms with van der Waals surface area (Å²) < 4.78 is 16.0. The zero-order valence-electron chi connectivity index (χ0n) is 28.7. The Hall–Kier alpha value is -5.62. The number of alkyl carbamates (subject to hydrolysis) is 1. The fraction of sp³-hybridized carbons (Fsp3) is 0.275. The van der Waals surface area contributed by atoms with Gasteiger partial charge in [-0.25, -0.2) is 9.59 Å². The van der Waals surface area contributed by atoms with Gasteiger partial charge in [-0.1, -0.05) is 121 Å². The van der Waals surface area contributed by atoms with Crippen molar-refractivity contribution in [2.75, 3.05) is 12.3 Å². The second-order valence-corrected chi connectivity index (χ2v) is 12.8. The predicted octanol–water partition coefficient (Wildman–Crippen LogP) is 5.47. The van der Waals surface area contributed by atoms with E-state index in [2.05, 4.69) is 16.0 Å². The average Bonchev–Trinajstić information content (AvgIpc) is 3.18. The molecular weight excluding hydrogens is 685 g/mol. The Balaban J connectivity index is 1.30. The maximum Gasteiger partial charge on any atom is 0.408 e. The van der Waals surface area contributed by atoms with Gasteiger partial charge in [0, 0.05) is 17.9 Å². The molecule has 12 heteroatoms. The maximum absolute atomic E-state index is 13.2.